The monoisotopic (exact) mass is 204 g/mol. The van der Waals surface area contributed by atoms with Gasteiger partial charge in [-0.15, -0.1) is 0 Å². The van der Waals surface area contributed by atoms with E-state index in [4.69, 9.17) is 0 Å². The number of para-hydroxylation sites is 1. The van der Waals surface area contributed by atoms with E-state index in [1.54, 1.807) is 0 Å². The highest BCUT2D eigenvalue weighted by Gasteiger charge is 2.05. The van der Waals surface area contributed by atoms with Gasteiger partial charge < -0.3 is 15.0 Å². The molecule has 2 aromatic rings. The normalized spacial score (nSPS) is 13.2. The summed E-state index contributed by atoms with van der Waals surface area (Å²) in [5, 5.41) is 13.9. The van der Waals surface area contributed by atoms with Gasteiger partial charge in [0.15, 0.2) is 0 Å². The molecule has 0 unspecified atom stereocenters. The smallest absolute Gasteiger partial charge is 0.0843 e. The number of fused-ring (bicyclic) bond motifs is 1. The van der Waals surface area contributed by atoms with Crippen molar-refractivity contribution >= 4 is 10.9 Å². The number of benzene rings is 1. The van der Waals surface area contributed by atoms with Gasteiger partial charge in [-0.05, 0) is 24.6 Å². The van der Waals surface area contributed by atoms with Crippen molar-refractivity contribution in [3.63, 3.8) is 0 Å². The Morgan fingerprint density at radius 2 is 2.13 bits per heavy atom. The number of aromatic nitrogens is 1. The van der Waals surface area contributed by atoms with Crippen molar-refractivity contribution in [1.29, 1.82) is 0 Å². The van der Waals surface area contributed by atoms with E-state index in [1.807, 2.05) is 25.4 Å². The molecule has 0 fully saturated rings. The van der Waals surface area contributed by atoms with Crippen LogP contribution in [0.4, 0.5) is 0 Å². The highest BCUT2D eigenvalue weighted by Crippen LogP contribution is 2.15. The topological polar surface area (TPSA) is 37.2 Å². The molecular formula is C12H16N2O. The first-order valence-corrected chi connectivity index (χ1v) is 5.18. The van der Waals surface area contributed by atoms with Crippen LogP contribution in [0, 0.1) is 0 Å². The summed E-state index contributed by atoms with van der Waals surface area (Å²) in [5.74, 6) is 0. The average molecular weight is 204 g/mol. The predicted octanol–water partition coefficient (Wildman–Crippen LogP) is 1.22. The van der Waals surface area contributed by atoms with E-state index >= 15 is 0 Å². The van der Waals surface area contributed by atoms with Crippen LogP contribution >= 0.6 is 0 Å². The van der Waals surface area contributed by atoms with Crippen LogP contribution in [0.15, 0.2) is 36.5 Å². The first kappa shape index (κ1) is 10.2. The number of nitrogens with zero attached hydrogens (tertiary/aromatic N) is 1. The lowest BCUT2D eigenvalue weighted by Gasteiger charge is -2.11. The van der Waals surface area contributed by atoms with Crippen LogP contribution in [0.3, 0.4) is 0 Å². The highest BCUT2D eigenvalue weighted by molar-refractivity contribution is 5.79. The Bertz CT molecular complexity index is 436. The molecule has 0 aliphatic carbocycles. The lowest BCUT2D eigenvalue weighted by molar-refractivity contribution is 0.155. The summed E-state index contributed by atoms with van der Waals surface area (Å²) in [5.41, 5.74) is 1.17. The number of aliphatic hydroxyl groups is 1. The lowest BCUT2D eigenvalue weighted by atomic mass is 10.2. The molecule has 0 amide bonds. The maximum atomic E-state index is 9.70. The minimum atomic E-state index is -0.342. The van der Waals surface area contributed by atoms with Gasteiger partial charge in [0.1, 0.15) is 0 Å². The summed E-state index contributed by atoms with van der Waals surface area (Å²) in [7, 11) is 1.84. The molecule has 1 aromatic heterocycles. The molecule has 3 heteroatoms. The summed E-state index contributed by atoms with van der Waals surface area (Å²) in [6, 6.07) is 10.3. The van der Waals surface area contributed by atoms with Crippen molar-refractivity contribution in [2.75, 3.05) is 13.6 Å². The van der Waals surface area contributed by atoms with E-state index in [0.717, 1.165) is 0 Å². The van der Waals surface area contributed by atoms with Crippen LogP contribution < -0.4 is 5.32 Å². The van der Waals surface area contributed by atoms with Gasteiger partial charge in [-0.2, -0.15) is 0 Å². The number of hydrogen-bond acceptors (Lipinski definition) is 2. The van der Waals surface area contributed by atoms with Gasteiger partial charge >= 0.3 is 0 Å². The molecule has 0 aliphatic heterocycles. The number of likely N-dealkylation sites (N-methyl/N-ethyl adjacent to an activating group) is 1. The fourth-order valence-corrected chi connectivity index (χ4v) is 1.83. The molecular weight excluding hydrogens is 188 g/mol. The Kier molecular flexibility index (Phi) is 3.04. The molecule has 15 heavy (non-hydrogen) atoms. The van der Waals surface area contributed by atoms with Crippen molar-refractivity contribution < 1.29 is 5.11 Å². The third-order valence-electron chi connectivity index (χ3n) is 2.53. The molecule has 0 bridgehead atoms. The van der Waals surface area contributed by atoms with Gasteiger partial charge in [-0.25, -0.2) is 0 Å². The van der Waals surface area contributed by atoms with Crippen molar-refractivity contribution in [2.24, 2.45) is 0 Å². The molecule has 2 N–H and O–H groups in total. The third kappa shape index (κ3) is 2.19. The van der Waals surface area contributed by atoms with Crippen LogP contribution in [0.2, 0.25) is 0 Å². The van der Waals surface area contributed by atoms with Gasteiger partial charge in [0.2, 0.25) is 0 Å². The highest BCUT2D eigenvalue weighted by atomic mass is 16.3. The maximum Gasteiger partial charge on any atom is 0.0843 e. The summed E-state index contributed by atoms with van der Waals surface area (Å²) in [6.45, 7) is 1.25. The number of nitrogens with one attached hydrogen (secondary N) is 1. The number of aliphatic hydroxyl groups excluding tert-OH is 1. The minimum absolute atomic E-state index is 0.342. The second-order valence-electron chi connectivity index (χ2n) is 3.74. The Morgan fingerprint density at radius 3 is 2.93 bits per heavy atom. The zero-order valence-electron chi connectivity index (χ0n) is 8.85. The van der Waals surface area contributed by atoms with Gasteiger partial charge in [-0.3, -0.25) is 0 Å². The first-order chi connectivity index (χ1) is 7.31. The fraction of sp³-hybridized carbons (Fsp3) is 0.333. The van der Waals surface area contributed by atoms with Crippen LogP contribution in [-0.4, -0.2) is 29.4 Å². The minimum Gasteiger partial charge on any atom is -0.390 e. The lowest BCUT2D eigenvalue weighted by Crippen LogP contribution is -2.27. The van der Waals surface area contributed by atoms with Crippen LogP contribution in [0.25, 0.3) is 10.9 Å². The molecule has 0 spiro atoms. The third-order valence-corrected chi connectivity index (χ3v) is 2.53. The molecule has 0 radical (unpaired) electrons. The van der Waals surface area contributed by atoms with Gasteiger partial charge in [-0.1, -0.05) is 18.2 Å². The Hall–Kier alpha value is -1.32. The van der Waals surface area contributed by atoms with Gasteiger partial charge in [0, 0.05) is 24.8 Å². The maximum absolute atomic E-state index is 9.70. The molecule has 1 heterocycles. The molecule has 80 valence electrons. The predicted molar refractivity (Wildman–Crippen MR) is 61.9 cm³/mol. The summed E-state index contributed by atoms with van der Waals surface area (Å²) in [4.78, 5) is 0. The van der Waals surface area contributed by atoms with Gasteiger partial charge in [0.05, 0.1) is 6.10 Å². The standard InChI is InChI=1S/C12H16N2O/c1-13-8-11(15)9-14-7-6-10-4-2-3-5-12(10)14/h2-7,11,13,15H,8-9H2,1H3/t11-/m1/s1. The van der Waals surface area contributed by atoms with E-state index in [9.17, 15) is 5.11 Å². The largest absolute Gasteiger partial charge is 0.390 e. The van der Waals surface area contributed by atoms with Crippen molar-refractivity contribution in [2.45, 2.75) is 12.6 Å². The van der Waals surface area contributed by atoms with Crippen LogP contribution in [0.1, 0.15) is 0 Å². The van der Waals surface area contributed by atoms with E-state index in [-0.39, 0.29) is 6.10 Å². The summed E-state index contributed by atoms with van der Waals surface area (Å²) < 4.78 is 2.08. The van der Waals surface area contributed by atoms with Crippen molar-refractivity contribution in [3.8, 4) is 0 Å². The molecule has 1 atom stereocenters. The van der Waals surface area contributed by atoms with E-state index < -0.39 is 0 Å². The van der Waals surface area contributed by atoms with Crippen LogP contribution in [-0.2, 0) is 6.54 Å². The van der Waals surface area contributed by atoms with Crippen molar-refractivity contribution in [1.82, 2.24) is 9.88 Å². The summed E-state index contributed by atoms with van der Waals surface area (Å²) in [6.07, 6.45) is 1.68. The second-order valence-corrected chi connectivity index (χ2v) is 3.74. The zero-order valence-corrected chi connectivity index (χ0v) is 8.85. The van der Waals surface area contributed by atoms with Crippen LogP contribution in [0.5, 0.6) is 0 Å². The van der Waals surface area contributed by atoms with Crippen molar-refractivity contribution in [3.05, 3.63) is 36.5 Å². The SMILES string of the molecule is CNC[C@@H](O)Cn1ccc2ccccc21. The molecule has 1 aromatic carbocycles. The van der Waals surface area contributed by atoms with E-state index in [2.05, 4.69) is 28.1 Å². The molecule has 0 aliphatic rings. The van der Waals surface area contributed by atoms with Gasteiger partial charge in [0.25, 0.3) is 0 Å². The quantitative estimate of drug-likeness (QED) is 0.785. The molecule has 0 saturated carbocycles. The molecule has 2 rings (SSSR count). The summed E-state index contributed by atoms with van der Waals surface area (Å²) >= 11 is 0. The van der Waals surface area contributed by atoms with E-state index in [1.165, 1.54) is 10.9 Å². The Balaban J connectivity index is 2.21. The molecule has 3 nitrogen and oxygen atoms in total. The fourth-order valence-electron chi connectivity index (χ4n) is 1.83. The average Bonchev–Trinajstić information content (AvgIpc) is 2.62. The van der Waals surface area contributed by atoms with E-state index in [0.29, 0.717) is 13.1 Å². The molecule has 0 saturated heterocycles. The Morgan fingerprint density at radius 1 is 1.33 bits per heavy atom. The first-order valence-electron chi connectivity index (χ1n) is 5.18. The Labute approximate surface area is 89.3 Å². The zero-order chi connectivity index (χ0) is 10.7. The number of rotatable bonds is 4. The second kappa shape index (κ2) is 4.47. The number of hydrogen-bond donors (Lipinski definition) is 2.